The monoisotopic (exact) mass is 236 g/mol. The number of hydrogen-bond acceptors (Lipinski definition) is 2. The molecule has 0 saturated heterocycles. The van der Waals surface area contributed by atoms with E-state index in [0.717, 1.165) is 16.9 Å². The molecule has 0 bridgehead atoms. The van der Waals surface area contributed by atoms with E-state index in [1.165, 1.54) is 0 Å². The molecule has 0 aromatic heterocycles. The van der Waals surface area contributed by atoms with Crippen molar-refractivity contribution in [2.75, 3.05) is 6.54 Å². The Balaban J connectivity index is 3.23. The van der Waals surface area contributed by atoms with Gasteiger partial charge in [0.2, 0.25) is 0 Å². The fourth-order valence-electron chi connectivity index (χ4n) is 1.77. The standard InChI is InChI=1S/C14H21NO2/c1-9(2)11-6-5-7-12(10(3)4)14(11)17-13(16)8-15/h5-7,9-10H,8,15H2,1-4H3/p+1. The molecule has 94 valence electrons. The molecule has 0 unspecified atom stereocenters. The van der Waals surface area contributed by atoms with E-state index < -0.39 is 0 Å². The predicted molar refractivity (Wildman–Crippen MR) is 68.0 cm³/mol. The smallest absolute Gasteiger partial charge is 0.366 e. The molecular weight excluding hydrogens is 214 g/mol. The highest BCUT2D eigenvalue weighted by Gasteiger charge is 2.17. The Labute approximate surface area is 103 Å². The zero-order valence-corrected chi connectivity index (χ0v) is 11.1. The number of benzene rings is 1. The van der Waals surface area contributed by atoms with Crippen LogP contribution in [0.1, 0.15) is 50.7 Å². The fourth-order valence-corrected chi connectivity index (χ4v) is 1.77. The Bertz CT molecular complexity index is 371. The molecule has 0 atom stereocenters. The van der Waals surface area contributed by atoms with Crippen LogP contribution in [-0.2, 0) is 4.79 Å². The third-order valence-corrected chi connectivity index (χ3v) is 2.74. The van der Waals surface area contributed by atoms with Gasteiger partial charge in [-0.05, 0) is 23.0 Å². The lowest BCUT2D eigenvalue weighted by atomic mass is 9.94. The minimum absolute atomic E-state index is 0.157. The second-order valence-electron chi connectivity index (χ2n) is 4.80. The summed E-state index contributed by atoms with van der Waals surface area (Å²) in [6.07, 6.45) is 0. The van der Waals surface area contributed by atoms with Crippen molar-refractivity contribution >= 4 is 5.97 Å². The number of rotatable bonds is 4. The van der Waals surface area contributed by atoms with E-state index in [1.54, 1.807) is 0 Å². The normalized spacial score (nSPS) is 11.0. The molecule has 0 aliphatic rings. The molecular formula is C14H22NO2+. The van der Waals surface area contributed by atoms with Gasteiger partial charge in [-0.1, -0.05) is 45.9 Å². The van der Waals surface area contributed by atoms with Crippen LogP contribution in [0.15, 0.2) is 18.2 Å². The van der Waals surface area contributed by atoms with Crippen LogP contribution in [0.4, 0.5) is 0 Å². The second-order valence-corrected chi connectivity index (χ2v) is 4.80. The largest absolute Gasteiger partial charge is 0.422 e. The molecule has 1 aromatic carbocycles. The lowest BCUT2D eigenvalue weighted by Crippen LogP contribution is -2.55. The first-order chi connectivity index (χ1) is 7.97. The molecule has 0 fully saturated rings. The van der Waals surface area contributed by atoms with Gasteiger partial charge < -0.3 is 10.5 Å². The molecule has 0 amide bonds. The molecule has 3 nitrogen and oxygen atoms in total. The Morgan fingerprint density at radius 2 is 1.65 bits per heavy atom. The quantitative estimate of drug-likeness (QED) is 0.643. The highest BCUT2D eigenvalue weighted by Crippen LogP contribution is 2.34. The number of carbonyl (C=O) groups excluding carboxylic acids is 1. The molecule has 1 rings (SSSR count). The number of esters is 1. The zero-order valence-electron chi connectivity index (χ0n) is 11.1. The van der Waals surface area contributed by atoms with Gasteiger partial charge in [0.25, 0.3) is 0 Å². The Kier molecular flexibility index (Phi) is 4.70. The zero-order chi connectivity index (χ0) is 13.0. The van der Waals surface area contributed by atoms with Crippen molar-refractivity contribution in [3.8, 4) is 5.75 Å². The van der Waals surface area contributed by atoms with Crippen molar-refractivity contribution in [2.45, 2.75) is 39.5 Å². The van der Waals surface area contributed by atoms with Crippen molar-refractivity contribution in [3.05, 3.63) is 29.3 Å². The van der Waals surface area contributed by atoms with E-state index >= 15 is 0 Å². The maximum absolute atomic E-state index is 11.4. The van der Waals surface area contributed by atoms with Gasteiger partial charge in [-0.2, -0.15) is 0 Å². The van der Waals surface area contributed by atoms with E-state index in [1.807, 2.05) is 18.2 Å². The van der Waals surface area contributed by atoms with E-state index in [0.29, 0.717) is 11.8 Å². The number of hydrogen-bond donors (Lipinski definition) is 1. The lowest BCUT2D eigenvalue weighted by molar-refractivity contribution is -0.358. The molecule has 0 spiro atoms. The van der Waals surface area contributed by atoms with Gasteiger partial charge in [-0.25, -0.2) is 4.79 Å². The summed E-state index contributed by atoms with van der Waals surface area (Å²) in [7, 11) is 0. The average Bonchev–Trinajstić information content (AvgIpc) is 2.28. The topological polar surface area (TPSA) is 53.9 Å². The first-order valence-electron chi connectivity index (χ1n) is 6.10. The number of carbonyl (C=O) groups is 1. The average molecular weight is 236 g/mol. The van der Waals surface area contributed by atoms with E-state index in [2.05, 4.69) is 33.4 Å². The summed E-state index contributed by atoms with van der Waals surface area (Å²) in [5.74, 6) is 1.12. The predicted octanol–water partition coefficient (Wildman–Crippen LogP) is 2.08. The highest BCUT2D eigenvalue weighted by molar-refractivity contribution is 5.74. The minimum atomic E-state index is -0.278. The van der Waals surface area contributed by atoms with Gasteiger partial charge in [0.1, 0.15) is 5.75 Å². The Morgan fingerprint density at radius 1 is 1.18 bits per heavy atom. The summed E-state index contributed by atoms with van der Waals surface area (Å²) >= 11 is 0. The first kappa shape index (κ1) is 13.7. The van der Waals surface area contributed by atoms with Gasteiger partial charge in [0.15, 0.2) is 6.54 Å². The van der Waals surface area contributed by atoms with Gasteiger partial charge in [-0.15, -0.1) is 0 Å². The minimum Gasteiger partial charge on any atom is -0.422 e. The van der Waals surface area contributed by atoms with Gasteiger partial charge in [0.05, 0.1) is 0 Å². The summed E-state index contributed by atoms with van der Waals surface area (Å²) in [5.41, 5.74) is 5.72. The van der Waals surface area contributed by atoms with Gasteiger partial charge in [-0.3, -0.25) is 0 Å². The van der Waals surface area contributed by atoms with Crippen molar-refractivity contribution in [1.29, 1.82) is 0 Å². The summed E-state index contributed by atoms with van der Waals surface area (Å²) in [6, 6.07) is 6.05. The van der Waals surface area contributed by atoms with Crippen LogP contribution in [0.25, 0.3) is 0 Å². The lowest BCUT2D eigenvalue weighted by Gasteiger charge is -2.18. The molecule has 0 heterocycles. The Hall–Kier alpha value is -1.35. The van der Waals surface area contributed by atoms with Crippen LogP contribution in [-0.4, -0.2) is 12.5 Å². The van der Waals surface area contributed by atoms with Crippen LogP contribution in [0, 0.1) is 0 Å². The molecule has 0 aliphatic heterocycles. The van der Waals surface area contributed by atoms with E-state index in [4.69, 9.17) is 4.74 Å². The van der Waals surface area contributed by atoms with Gasteiger partial charge in [0, 0.05) is 0 Å². The molecule has 3 heteroatoms. The van der Waals surface area contributed by atoms with Crippen LogP contribution >= 0.6 is 0 Å². The Morgan fingerprint density at radius 3 is 2.00 bits per heavy atom. The number of quaternary nitrogens is 1. The third-order valence-electron chi connectivity index (χ3n) is 2.74. The molecule has 0 radical (unpaired) electrons. The molecule has 0 aliphatic carbocycles. The summed E-state index contributed by atoms with van der Waals surface area (Å²) < 4.78 is 5.45. The van der Waals surface area contributed by atoms with Crippen molar-refractivity contribution in [1.82, 2.24) is 0 Å². The van der Waals surface area contributed by atoms with Crippen molar-refractivity contribution in [3.63, 3.8) is 0 Å². The van der Waals surface area contributed by atoms with Crippen molar-refractivity contribution < 1.29 is 15.3 Å². The SMILES string of the molecule is CC(C)c1cccc(C(C)C)c1OC(=O)C[NH3+]. The molecule has 0 saturated carbocycles. The number of para-hydroxylation sites is 1. The van der Waals surface area contributed by atoms with Crippen molar-refractivity contribution in [2.24, 2.45) is 0 Å². The van der Waals surface area contributed by atoms with E-state index in [-0.39, 0.29) is 12.5 Å². The summed E-state index contributed by atoms with van der Waals surface area (Å²) in [4.78, 5) is 11.4. The highest BCUT2D eigenvalue weighted by atomic mass is 16.5. The maximum Gasteiger partial charge on any atom is 0.366 e. The van der Waals surface area contributed by atoms with Gasteiger partial charge >= 0.3 is 5.97 Å². The van der Waals surface area contributed by atoms with Crippen LogP contribution in [0.3, 0.4) is 0 Å². The molecule has 17 heavy (non-hydrogen) atoms. The maximum atomic E-state index is 11.4. The first-order valence-corrected chi connectivity index (χ1v) is 6.10. The van der Waals surface area contributed by atoms with Crippen LogP contribution in [0.2, 0.25) is 0 Å². The summed E-state index contributed by atoms with van der Waals surface area (Å²) in [5, 5.41) is 0. The van der Waals surface area contributed by atoms with Crippen LogP contribution < -0.4 is 10.5 Å². The van der Waals surface area contributed by atoms with Crippen LogP contribution in [0.5, 0.6) is 5.75 Å². The molecule has 1 aromatic rings. The summed E-state index contributed by atoms with van der Waals surface area (Å²) in [6.45, 7) is 8.55. The molecule has 3 N–H and O–H groups in total. The third kappa shape index (κ3) is 3.30. The second kappa shape index (κ2) is 5.82. The van der Waals surface area contributed by atoms with E-state index in [9.17, 15) is 4.79 Å². The fraction of sp³-hybridized carbons (Fsp3) is 0.500. The number of ether oxygens (including phenoxy) is 1.